The summed E-state index contributed by atoms with van der Waals surface area (Å²) in [5.41, 5.74) is 2.26. The van der Waals surface area contributed by atoms with Gasteiger partial charge in [0, 0.05) is 38.9 Å². The third-order valence-electron chi connectivity index (χ3n) is 3.15. The van der Waals surface area contributed by atoms with Gasteiger partial charge in [-0.15, -0.1) is 0 Å². The van der Waals surface area contributed by atoms with Gasteiger partial charge in [-0.3, -0.25) is 9.48 Å². The van der Waals surface area contributed by atoms with Crippen LogP contribution in [0.15, 0.2) is 6.20 Å². The highest BCUT2D eigenvalue weighted by atomic mass is 16.2. The van der Waals surface area contributed by atoms with Gasteiger partial charge < -0.3 is 10.2 Å². The van der Waals surface area contributed by atoms with E-state index in [0.717, 1.165) is 18.7 Å². The second-order valence-corrected chi connectivity index (χ2v) is 4.58. The second-order valence-electron chi connectivity index (χ2n) is 4.58. The van der Waals surface area contributed by atoms with Crippen LogP contribution in [0, 0.1) is 0 Å². The molecule has 0 aromatic carbocycles. The highest BCUT2D eigenvalue weighted by Gasteiger charge is 2.16. The fourth-order valence-corrected chi connectivity index (χ4v) is 1.87. The van der Waals surface area contributed by atoms with E-state index in [1.165, 1.54) is 5.56 Å². The molecule has 0 fully saturated rings. The van der Waals surface area contributed by atoms with E-state index >= 15 is 0 Å². The molecule has 0 saturated carbocycles. The summed E-state index contributed by atoms with van der Waals surface area (Å²) in [7, 11) is 3.74. The predicted octanol–water partition coefficient (Wildman–Crippen LogP) is 0.939. The fraction of sp³-hybridized carbons (Fsp3) is 0.692. The van der Waals surface area contributed by atoms with Crippen molar-refractivity contribution >= 4 is 5.91 Å². The standard InChI is InChI=1S/C13H24N4O/c1-6-12-11(9-17(5)15-12)8-14-10(3)13(18)16(4)7-2/h9-10,14H,6-8H2,1-5H3. The van der Waals surface area contributed by atoms with Crippen molar-refractivity contribution in [1.82, 2.24) is 20.0 Å². The van der Waals surface area contributed by atoms with Gasteiger partial charge in [-0.05, 0) is 20.3 Å². The van der Waals surface area contributed by atoms with Crippen LogP contribution in [0.25, 0.3) is 0 Å². The van der Waals surface area contributed by atoms with E-state index in [1.807, 2.05) is 38.8 Å². The van der Waals surface area contributed by atoms with Crippen molar-refractivity contribution in [3.8, 4) is 0 Å². The first-order valence-electron chi connectivity index (χ1n) is 6.49. The fourth-order valence-electron chi connectivity index (χ4n) is 1.87. The number of amides is 1. The lowest BCUT2D eigenvalue weighted by molar-refractivity contribution is -0.131. The van der Waals surface area contributed by atoms with E-state index in [4.69, 9.17) is 0 Å². The third-order valence-corrected chi connectivity index (χ3v) is 3.15. The van der Waals surface area contributed by atoms with Crippen molar-refractivity contribution in [1.29, 1.82) is 0 Å². The minimum Gasteiger partial charge on any atom is -0.345 e. The summed E-state index contributed by atoms with van der Waals surface area (Å²) in [6.07, 6.45) is 2.92. The number of nitrogens with one attached hydrogen (secondary N) is 1. The lowest BCUT2D eigenvalue weighted by Crippen LogP contribution is -2.42. The average Bonchev–Trinajstić information content (AvgIpc) is 2.74. The van der Waals surface area contributed by atoms with Gasteiger partial charge in [-0.2, -0.15) is 5.10 Å². The molecular formula is C13H24N4O. The molecule has 18 heavy (non-hydrogen) atoms. The summed E-state index contributed by atoms with van der Waals surface area (Å²) in [5, 5.41) is 7.64. The summed E-state index contributed by atoms with van der Waals surface area (Å²) in [6, 6.07) is -0.167. The van der Waals surface area contributed by atoms with Gasteiger partial charge in [0.15, 0.2) is 0 Å². The van der Waals surface area contributed by atoms with Crippen molar-refractivity contribution in [2.45, 2.75) is 39.8 Å². The predicted molar refractivity (Wildman–Crippen MR) is 72.2 cm³/mol. The van der Waals surface area contributed by atoms with Gasteiger partial charge in [0.05, 0.1) is 11.7 Å². The van der Waals surface area contributed by atoms with Crippen LogP contribution >= 0.6 is 0 Å². The summed E-state index contributed by atoms with van der Waals surface area (Å²) in [5.74, 6) is 0.124. The number of hydrogen-bond donors (Lipinski definition) is 1. The van der Waals surface area contributed by atoms with Crippen LogP contribution in [-0.2, 0) is 24.8 Å². The maximum atomic E-state index is 11.9. The van der Waals surface area contributed by atoms with Crippen LogP contribution in [0.1, 0.15) is 32.0 Å². The number of nitrogens with zero attached hydrogens (tertiary/aromatic N) is 3. The lowest BCUT2D eigenvalue weighted by atomic mass is 10.2. The van der Waals surface area contributed by atoms with Crippen molar-refractivity contribution in [3.63, 3.8) is 0 Å². The van der Waals surface area contributed by atoms with Crippen molar-refractivity contribution in [2.75, 3.05) is 13.6 Å². The molecule has 5 nitrogen and oxygen atoms in total. The molecular weight excluding hydrogens is 228 g/mol. The summed E-state index contributed by atoms with van der Waals surface area (Å²) in [4.78, 5) is 13.6. The number of rotatable bonds is 6. The van der Waals surface area contributed by atoms with Gasteiger partial charge in [-0.1, -0.05) is 6.92 Å². The Kier molecular flexibility index (Phi) is 5.34. The third kappa shape index (κ3) is 3.57. The number of aryl methyl sites for hydroxylation is 2. The first kappa shape index (κ1) is 14.7. The molecule has 1 N–H and O–H groups in total. The smallest absolute Gasteiger partial charge is 0.239 e. The maximum absolute atomic E-state index is 11.9. The molecule has 0 saturated heterocycles. The number of likely N-dealkylation sites (N-methyl/N-ethyl adjacent to an activating group) is 1. The molecule has 1 rings (SSSR count). The van der Waals surface area contributed by atoms with E-state index < -0.39 is 0 Å². The van der Waals surface area contributed by atoms with E-state index in [1.54, 1.807) is 4.90 Å². The van der Waals surface area contributed by atoms with E-state index in [2.05, 4.69) is 17.3 Å². The first-order valence-corrected chi connectivity index (χ1v) is 6.49. The van der Waals surface area contributed by atoms with Gasteiger partial charge in [0.25, 0.3) is 0 Å². The number of hydrogen-bond acceptors (Lipinski definition) is 3. The number of aromatic nitrogens is 2. The molecule has 1 atom stereocenters. The van der Waals surface area contributed by atoms with Crippen molar-refractivity contribution < 1.29 is 4.79 Å². The largest absolute Gasteiger partial charge is 0.345 e. The number of carbonyl (C=O) groups excluding carboxylic acids is 1. The Morgan fingerprint density at radius 1 is 1.56 bits per heavy atom. The Balaban J connectivity index is 2.56. The zero-order valence-electron chi connectivity index (χ0n) is 12.0. The minimum atomic E-state index is -0.167. The highest BCUT2D eigenvalue weighted by Crippen LogP contribution is 2.07. The monoisotopic (exact) mass is 252 g/mol. The molecule has 0 aliphatic rings. The quantitative estimate of drug-likeness (QED) is 0.819. The van der Waals surface area contributed by atoms with Gasteiger partial charge in [0.1, 0.15) is 0 Å². The molecule has 0 aliphatic heterocycles. The van der Waals surface area contributed by atoms with Crippen molar-refractivity contribution in [2.24, 2.45) is 7.05 Å². The van der Waals surface area contributed by atoms with Gasteiger partial charge in [0.2, 0.25) is 5.91 Å². The molecule has 1 unspecified atom stereocenters. The Morgan fingerprint density at radius 3 is 2.78 bits per heavy atom. The van der Waals surface area contributed by atoms with Crippen LogP contribution in [0.3, 0.4) is 0 Å². The van der Waals surface area contributed by atoms with Crippen LogP contribution < -0.4 is 5.32 Å². The van der Waals surface area contributed by atoms with E-state index in [0.29, 0.717) is 6.54 Å². The van der Waals surface area contributed by atoms with Gasteiger partial charge in [-0.25, -0.2) is 0 Å². The van der Waals surface area contributed by atoms with Crippen LogP contribution in [-0.4, -0.2) is 40.2 Å². The molecule has 0 radical (unpaired) electrons. The molecule has 0 aliphatic carbocycles. The molecule has 0 bridgehead atoms. The summed E-state index contributed by atoms with van der Waals surface area (Å²) < 4.78 is 1.82. The zero-order valence-corrected chi connectivity index (χ0v) is 12.0. The summed E-state index contributed by atoms with van der Waals surface area (Å²) >= 11 is 0. The Hall–Kier alpha value is -1.36. The molecule has 1 heterocycles. The molecule has 1 amide bonds. The van der Waals surface area contributed by atoms with Crippen LogP contribution in [0.5, 0.6) is 0 Å². The summed E-state index contributed by atoms with van der Waals surface area (Å²) in [6.45, 7) is 7.38. The van der Waals surface area contributed by atoms with Gasteiger partial charge >= 0.3 is 0 Å². The second kappa shape index (κ2) is 6.54. The van der Waals surface area contributed by atoms with Crippen LogP contribution in [0.4, 0.5) is 0 Å². The number of carbonyl (C=O) groups is 1. The van der Waals surface area contributed by atoms with Crippen molar-refractivity contribution in [3.05, 3.63) is 17.5 Å². The highest BCUT2D eigenvalue weighted by molar-refractivity contribution is 5.81. The molecule has 0 spiro atoms. The molecule has 5 heteroatoms. The van der Waals surface area contributed by atoms with E-state index in [9.17, 15) is 4.79 Å². The van der Waals surface area contributed by atoms with E-state index in [-0.39, 0.29) is 11.9 Å². The topological polar surface area (TPSA) is 50.2 Å². The Bertz CT molecular complexity index is 400. The maximum Gasteiger partial charge on any atom is 0.239 e. The zero-order chi connectivity index (χ0) is 13.7. The van der Waals surface area contributed by atoms with Crippen LogP contribution in [0.2, 0.25) is 0 Å². The Labute approximate surface area is 109 Å². The average molecular weight is 252 g/mol. The lowest BCUT2D eigenvalue weighted by Gasteiger charge is -2.20. The normalized spacial score (nSPS) is 12.5. The molecule has 1 aromatic rings. The minimum absolute atomic E-state index is 0.124. The SMILES string of the molecule is CCc1nn(C)cc1CNC(C)C(=O)N(C)CC. The first-order chi connectivity index (χ1) is 8.49. The Morgan fingerprint density at radius 2 is 2.22 bits per heavy atom. The molecule has 1 aromatic heterocycles. The molecule has 102 valence electrons.